The first-order chi connectivity index (χ1) is 8.43. The molecular weight excluding hydrogens is 228 g/mol. The first-order valence-electron chi connectivity index (χ1n) is 6.37. The van der Waals surface area contributed by atoms with E-state index in [-0.39, 0.29) is 5.97 Å². The van der Waals surface area contributed by atoms with Crippen LogP contribution in [0.15, 0.2) is 24.3 Å². The Bertz CT molecular complexity index is 393. The molecule has 0 fully saturated rings. The maximum atomic E-state index is 11.8. The molecule has 0 aromatic heterocycles. The van der Waals surface area contributed by atoms with E-state index in [9.17, 15) is 9.90 Å². The van der Waals surface area contributed by atoms with E-state index < -0.39 is 11.5 Å². The Labute approximate surface area is 109 Å². The van der Waals surface area contributed by atoms with Crippen molar-refractivity contribution in [2.24, 2.45) is 5.41 Å². The number of aliphatic hydroxyl groups is 1. The molecule has 0 aliphatic heterocycles. The molecule has 1 atom stereocenters. The number of rotatable bonds is 5. The van der Waals surface area contributed by atoms with Gasteiger partial charge < -0.3 is 9.84 Å². The minimum atomic E-state index is -0.941. The summed E-state index contributed by atoms with van der Waals surface area (Å²) in [5.74, 6) is -0.378. The van der Waals surface area contributed by atoms with Gasteiger partial charge in [-0.2, -0.15) is 0 Å². The van der Waals surface area contributed by atoms with Crippen molar-refractivity contribution >= 4 is 5.97 Å². The molecule has 0 saturated carbocycles. The number of carbonyl (C=O) groups excluding carboxylic acids is 1. The van der Waals surface area contributed by atoms with Crippen LogP contribution in [0.3, 0.4) is 0 Å². The Hall–Kier alpha value is -1.35. The number of hydrogen-bond acceptors (Lipinski definition) is 3. The van der Waals surface area contributed by atoms with Crippen molar-refractivity contribution in [3.8, 4) is 0 Å². The first kappa shape index (κ1) is 14.7. The van der Waals surface area contributed by atoms with Crippen molar-refractivity contribution in [3.05, 3.63) is 35.4 Å². The highest BCUT2D eigenvalue weighted by Gasteiger charge is 2.38. The van der Waals surface area contributed by atoms with Gasteiger partial charge in [0.05, 0.1) is 18.1 Å². The average Bonchev–Trinajstić information content (AvgIpc) is 2.38. The summed E-state index contributed by atoms with van der Waals surface area (Å²) in [6.07, 6.45) is 0.0972. The Morgan fingerprint density at radius 1 is 1.28 bits per heavy atom. The van der Waals surface area contributed by atoms with Crippen LogP contribution in [0.2, 0.25) is 0 Å². The van der Waals surface area contributed by atoms with Crippen molar-refractivity contribution in [1.82, 2.24) is 0 Å². The fourth-order valence-electron chi connectivity index (χ4n) is 1.78. The number of ether oxygens (including phenoxy) is 1. The van der Waals surface area contributed by atoms with E-state index in [2.05, 4.69) is 6.92 Å². The molecule has 18 heavy (non-hydrogen) atoms. The minimum absolute atomic E-state index is 0.323. The predicted octanol–water partition coefficient (Wildman–Crippen LogP) is 2.87. The van der Waals surface area contributed by atoms with Crippen LogP contribution < -0.4 is 0 Å². The lowest BCUT2D eigenvalue weighted by molar-refractivity contribution is -0.160. The fourth-order valence-corrected chi connectivity index (χ4v) is 1.78. The van der Waals surface area contributed by atoms with Crippen LogP contribution in [0.1, 0.15) is 44.9 Å². The number of esters is 1. The maximum absolute atomic E-state index is 11.8. The largest absolute Gasteiger partial charge is 0.465 e. The summed E-state index contributed by atoms with van der Waals surface area (Å²) >= 11 is 0. The second-order valence-corrected chi connectivity index (χ2v) is 4.94. The molecule has 100 valence electrons. The van der Waals surface area contributed by atoms with Crippen LogP contribution in [-0.4, -0.2) is 17.7 Å². The monoisotopic (exact) mass is 250 g/mol. The normalized spacial score (nSPS) is 13.2. The molecule has 0 aliphatic rings. The van der Waals surface area contributed by atoms with Gasteiger partial charge in [0.1, 0.15) is 0 Å². The van der Waals surface area contributed by atoms with Gasteiger partial charge in [-0.25, -0.2) is 0 Å². The number of aliphatic hydroxyl groups excluding tert-OH is 1. The van der Waals surface area contributed by atoms with Gasteiger partial charge in [-0.3, -0.25) is 4.79 Å². The smallest absolute Gasteiger partial charge is 0.314 e. The second kappa shape index (κ2) is 6.01. The lowest BCUT2D eigenvalue weighted by atomic mass is 9.82. The summed E-state index contributed by atoms with van der Waals surface area (Å²) in [5, 5.41) is 10.3. The molecule has 1 N–H and O–H groups in total. The third kappa shape index (κ3) is 3.10. The molecule has 0 heterocycles. The molecule has 3 nitrogen and oxygen atoms in total. The Kier molecular flexibility index (Phi) is 4.91. The molecule has 0 bridgehead atoms. The van der Waals surface area contributed by atoms with Crippen molar-refractivity contribution in [2.75, 3.05) is 6.61 Å². The summed E-state index contributed by atoms with van der Waals surface area (Å²) in [6, 6.07) is 7.68. The van der Waals surface area contributed by atoms with Gasteiger partial charge in [-0.05, 0) is 38.3 Å². The van der Waals surface area contributed by atoms with E-state index in [0.717, 1.165) is 12.0 Å². The first-order valence-corrected chi connectivity index (χ1v) is 6.37. The van der Waals surface area contributed by atoms with Gasteiger partial charge in [-0.15, -0.1) is 0 Å². The van der Waals surface area contributed by atoms with Crippen LogP contribution >= 0.6 is 0 Å². The molecule has 0 aliphatic carbocycles. The molecular formula is C15H22O3. The van der Waals surface area contributed by atoms with Crippen molar-refractivity contribution < 1.29 is 14.6 Å². The second-order valence-electron chi connectivity index (χ2n) is 4.94. The molecule has 0 spiro atoms. The number of hydrogen-bond donors (Lipinski definition) is 1. The molecule has 1 unspecified atom stereocenters. The Morgan fingerprint density at radius 3 is 2.28 bits per heavy atom. The van der Waals surface area contributed by atoms with Gasteiger partial charge in [-0.1, -0.05) is 31.2 Å². The van der Waals surface area contributed by atoms with Crippen LogP contribution in [-0.2, 0) is 16.0 Å². The van der Waals surface area contributed by atoms with E-state index in [1.807, 2.05) is 24.3 Å². The van der Waals surface area contributed by atoms with Crippen LogP contribution in [0.25, 0.3) is 0 Å². The number of aryl methyl sites for hydroxylation is 1. The van der Waals surface area contributed by atoms with Crippen molar-refractivity contribution in [3.63, 3.8) is 0 Å². The highest BCUT2D eigenvalue weighted by atomic mass is 16.5. The van der Waals surface area contributed by atoms with Gasteiger partial charge in [0.2, 0.25) is 0 Å². The SMILES string of the molecule is CCOC(=O)C(C)(C)C(O)c1ccc(CC)cc1. The zero-order valence-corrected chi connectivity index (χ0v) is 11.6. The summed E-state index contributed by atoms with van der Waals surface area (Å²) in [5.41, 5.74) is 1.01. The molecule has 0 radical (unpaired) electrons. The zero-order chi connectivity index (χ0) is 13.8. The van der Waals surface area contributed by atoms with E-state index >= 15 is 0 Å². The highest BCUT2D eigenvalue weighted by molar-refractivity contribution is 5.77. The number of benzene rings is 1. The average molecular weight is 250 g/mol. The predicted molar refractivity (Wildman–Crippen MR) is 71.2 cm³/mol. The van der Waals surface area contributed by atoms with Crippen molar-refractivity contribution in [1.29, 1.82) is 0 Å². The van der Waals surface area contributed by atoms with Gasteiger partial charge in [0.25, 0.3) is 0 Å². The van der Waals surface area contributed by atoms with E-state index in [1.54, 1.807) is 20.8 Å². The fraction of sp³-hybridized carbons (Fsp3) is 0.533. The summed E-state index contributed by atoms with van der Waals surface area (Å²) < 4.78 is 5.00. The minimum Gasteiger partial charge on any atom is -0.465 e. The van der Waals surface area contributed by atoms with E-state index in [4.69, 9.17) is 4.74 Å². The molecule has 0 saturated heterocycles. The highest BCUT2D eigenvalue weighted by Crippen LogP contribution is 2.34. The molecule has 3 heteroatoms. The molecule has 0 amide bonds. The standard InChI is InChI=1S/C15H22O3/c1-5-11-7-9-12(10-8-11)13(16)15(3,4)14(17)18-6-2/h7-10,13,16H,5-6H2,1-4H3. The lowest BCUT2D eigenvalue weighted by Crippen LogP contribution is -2.33. The molecule has 1 aromatic rings. The molecule has 1 aromatic carbocycles. The third-order valence-electron chi connectivity index (χ3n) is 3.19. The van der Waals surface area contributed by atoms with Crippen molar-refractivity contribution in [2.45, 2.75) is 40.2 Å². The Morgan fingerprint density at radius 2 is 1.83 bits per heavy atom. The van der Waals surface area contributed by atoms with Crippen LogP contribution in [0.4, 0.5) is 0 Å². The van der Waals surface area contributed by atoms with E-state index in [1.165, 1.54) is 5.56 Å². The quantitative estimate of drug-likeness (QED) is 0.817. The third-order valence-corrected chi connectivity index (χ3v) is 3.19. The van der Waals surface area contributed by atoms with Crippen LogP contribution in [0, 0.1) is 5.41 Å². The van der Waals surface area contributed by atoms with Crippen LogP contribution in [0.5, 0.6) is 0 Å². The summed E-state index contributed by atoms with van der Waals surface area (Å²) in [6.45, 7) is 7.56. The van der Waals surface area contributed by atoms with Gasteiger partial charge >= 0.3 is 5.97 Å². The lowest BCUT2D eigenvalue weighted by Gasteiger charge is -2.28. The van der Waals surface area contributed by atoms with Gasteiger partial charge in [0.15, 0.2) is 0 Å². The molecule has 1 rings (SSSR count). The van der Waals surface area contributed by atoms with E-state index in [0.29, 0.717) is 6.61 Å². The number of carbonyl (C=O) groups is 1. The topological polar surface area (TPSA) is 46.5 Å². The maximum Gasteiger partial charge on any atom is 0.314 e. The summed E-state index contributed by atoms with van der Waals surface area (Å²) in [7, 11) is 0. The summed E-state index contributed by atoms with van der Waals surface area (Å²) in [4.78, 5) is 11.8. The van der Waals surface area contributed by atoms with Gasteiger partial charge in [0, 0.05) is 0 Å². The zero-order valence-electron chi connectivity index (χ0n) is 11.6. The Balaban J connectivity index is 2.90.